The summed E-state index contributed by atoms with van der Waals surface area (Å²) in [5.41, 5.74) is 4.84. The van der Waals surface area contributed by atoms with Crippen LogP contribution in [0.2, 0.25) is 0 Å². The number of hydrogen-bond donors (Lipinski definition) is 3. The Balaban J connectivity index is 2.11. The van der Waals surface area contributed by atoms with Crippen molar-refractivity contribution in [2.24, 2.45) is 11.7 Å². The minimum Gasteiger partial charge on any atom is -0.329 e. The molecular formula is C15H20N4O4S. The molecule has 0 amide bonds. The van der Waals surface area contributed by atoms with Crippen LogP contribution in [-0.2, 0) is 10.0 Å². The van der Waals surface area contributed by atoms with Gasteiger partial charge in [-0.05, 0) is 37.0 Å². The number of rotatable bonds is 3. The smallest absolute Gasteiger partial charge is 0.326 e. The van der Waals surface area contributed by atoms with E-state index in [9.17, 15) is 18.0 Å². The highest BCUT2D eigenvalue weighted by molar-refractivity contribution is 7.89. The number of nitrogens with two attached hydrogens (primary N) is 1. The summed E-state index contributed by atoms with van der Waals surface area (Å²) in [6.07, 6.45) is 1.71. The van der Waals surface area contributed by atoms with Crippen LogP contribution in [0.5, 0.6) is 0 Å². The fraction of sp³-hybridized carbons (Fsp3) is 0.467. The molecule has 1 aliphatic heterocycles. The van der Waals surface area contributed by atoms with Crippen LogP contribution in [0.3, 0.4) is 0 Å². The van der Waals surface area contributed by atoms with Crippen LogP contribution in [0, 0.1) is 5.92 Å². The zero-order valence-electron chi connectivity index (χ0n) is 13.3. The number of hydrogen-bond acceptors (Lipinski definition) is 5. The molecule has 1 aromatic heterocycles. The first-order valence-corrected chi connectivity index (χ1v) is 9.27. The van der Waals surface area contributed by atoms with Crippen molar-refractivity contribution in [1.82, 2.24) is 14.3 Å². The Morgan fingerprint density at radius 2 is 2.04 bits per heavy atom. The van der Waals surface area contributed by atoms with Gasteiger partial charge in [-0.2, -0.15) is 4.31 Å². The predicted molar refractivity (Wildman–Crippen MR) is 90.3 cm³/mol. The van der Waals surface area contributed by atoms with E-state index in [0.717, 1.165) is 12.8 Å². The second-order valence-corrected chi connectivity index (χ2v) is 8.04. The SMILES string of the molecule is C[C@H]1CCCN(S(=O)(=O)c2ccc3[nH]c(=O)[nH]c(=O)c3c2)[C@@H]1CN. The summed E-state index contributed by atoms with van der Waals surface area (Å²) < 4.78 is 27.5. The standard InChI is InChI=1S/C15H20N4O4S/c1-9-3-2-6-19(13(9)8-16)24(22,23)10-4-5-12-11(7-10)14(20)18-15(21)17-12/h4-5,7,9,13H,2-3,6,8,16H2,1H3,(H2,17,18,20,21)/t9-,13+/m0/s1. The molecule has 0 saturated carbocycles. The zero-order chi connectivity index (χ0) is 17.5. The highest BCUT2D eigenvalue weighted by Gasteiger charge is 2.36. The summed E-state index contributed by atoms with van der Waals surface area (Å²) in [5.74, 6) is 0.179. The van der Waals surface area contributed by atoms with Crippen LogP contribution in [0.25, 0.3) is 10.9 Å². The topological polar surface area (TPSA) is 129 Å². The van der Waals surface area contributed by atoms with Crippen LogP contribution in [0.4, 0.5) is 0 Å². The molecule has 2 aromatic rings. The van der Waals surface area contributed by atoms with E-state index in [0.29, 0.717) is 12.1 Å². The van der Waals surface area contributed by atoms with Crippen LogP contribution < -0.4 is 17.0 Å². The van der Waals surface area contributed by atoms with Gasteiger partial charge in [-0.25, -0.2) is 13.2 Å². The van der Waals surface area contributed by atoms with Crippen molar-refractivity contribution >= 4 is 20.9 Å². The molecule has 2 heterocycles. The van der Waals surface area contributed by atoms with Gasteiger partial charge in [0.15, 0.2) is 0 Å². The quantitative estimate of drug-likeness (QED) is 0.714. The lowest BCUT2D eigenvalue weighted by Gasteiger charge is -2.38. The lowest BCUT2D eigenvalue weighted by Crippen LogP contribution is -2.51. The Bertz CT molecular complexity index is 979. The number of aromatic amines is 2. The molecule has 1 aromatic carbocycles. The molecule has 130 valence electrons. The summed E-state index contributed by atoms with van der Waals surface area (Å²) in [4.78, 5) is 27.8. The summed E-state index contributed by atoms with van der Waals surface area (Å²) in [7, 11) is -3.77. The van der Waals surface area contributed by atoms with Crippen LogP contribution in [0.1, 0.15) is 19.8 Å². The zero-order valence-corrected chi connectivity index (χ0v) is 14.1. The summed E-state index contributed by atoms with van der Waals surface area (Å²) >= 11 is 0. The fourth-order valence-corrected chi connectivity index (χ4v) is 5.10. The molecule has 1 aliphatic rings. The van der Waals surface area contributed by atoms with Gasteiger partial charge >= 0.3 is 5.69 Å². The van der Waals surface area contributed by atoms with Gasteiger partial charge < -0.3 is 10.7 Å². The van der Waals surface area contributed by atoms with E-state index in [-0.39, 0.29) is 28.8 Å². The number of fused-ring (bicyclic) bond motifs is 1. The summed E-state index contributed by atoms with van der Waals surface area (Å²) in [5, 5.41) is 0.130. The molecule has 0 aliphatic carbocycles. The van der Waals surface area contributed by atoms with Crippen molar-refractivity contribution < 1.29 is 8.42 Å². The van der Waals surface area contributed by atoms with E-state index < -0.39 is 21.3 Å². The third-order valence-electron chi connectivity index (χ3n) is 4.62. The Morgan fingerprint density at radius 3 is 2.75 bits per heavy atom. The van der Waals surface area contributed by atoms with Gasteiger partial charge in [-0.15, -0.1) is 0 Å². The number of sulfonamides is 1. The Labute approximate surface area is 138 Å². The fourth-order valence-electron chi connectivity index (χ4n) is 3.30. The van der Waals surface area contributed by atoms with E-state index in [4.69, 9.17) is 5.73 Å². The van der Waals surface area contributed by atoms with Crippen molar-refractivity contribution in [3.05, 3.63) is 39.0 Å². The second kappa shape index (κ2) is 6.15. The third-order valence-corrected chi connectivity index (χ3v) is 6.54. The molecule has 4 N–H and O–H groups in total. The average Bonchev–Trinajstić information content (AvgIpc) is 2.54. The Hall–Kier alpha value is -1.97. The van der Waals surface area contributed by atoms with Gasteiger partial charge in [0, 0.05) is 19.1 Å². The molecule has 0 unspecified atom stereocenters. The van der Waals surface area contributed by atoms with Crippen molar-refractivity contribution in [3.63, 3.8) is 0 Å². The molecule has 0 spiro atoms. The van der Waals surface area contributed by atoms with Gasteiger partial charge in [0.05, 0.1) is 15.8 Å². The largest absolute Gasteiger partial charge is 0.329 e. The number of H-pyrrole nitrogens is 2. The third kappa shape index (κ3) is 2.79. The maximum absolute atomic E-state index is 13.0. The molecule has 0 bridgehead atoms. The summed E-state index contributed by atoms with van der Waals surface area (Å²) in [6, 6.07) is 3.88. The molecular weight excluding hydrogens is 332 g/mol. The van der Waals surface area contributed by atoms with E-state index >= 15 is 0 Å². The number of piperidine rings is 1. The van der Waals surface area contributed by atoms with Gasteiger partial charge in [-0.1, -0.05) is 6.92 Å². The molecule has 1 fully saturated rings. The molecule has 1 saturated heterocycles. The van der Waals surface area contributed by atoms with Gasteiger partial charge in [0.25, 0.3) is 5.56 Å². The first-order chi connectivity index (χ1) is 11.3. The molecule has 9 heteroatoms. The maximum Gasteiger partial charge on any atom is 0.326 e. The monoisotopic (exact) mass is 352 g/mol. The van der Waals surface area contributed by atoms with E-state index in [2.05, 4.69) is 9.97 Å². The lowest BCUT2D eigenvalue weighted by molar-refractivity contribution is 0.192. The van der Waals surface area contributed by atoms with E-state index in [1.54, 1.807) is 0 Å². The van der Waals surface area contributed by atoms with Gasteiger partial charge in [0.1, 0.15) is 0 Å². The normalized spacial score (nSPS) is 22.8. The first-order valence-electron chi connectivity index (χ1n) is 7.83. The van der Waals surface area contributed by atoms with Crippen molar-refractivity contribution in [2.45, 2.75) is 30.7 Å². The highest BCUT2D eigenvalue weighted by Crippen LogP contribution is 2.29. The average molecular weight is 352 g/mol. The molecule has 2 atom stereocenters. The maximum atomic E-state index is 13.0. The minimum absolute atomic E-state index is 0.0279. The molecule has 0 radical (unpaired) electrons. The van der Waals surface area contributed by atoms with Crippen molar-refractivity contribution in [1.29, 1.82) is 0 Å². The van der Waals surface area contributed by atoms with Gasteiger partial charge in [-0.3, -0.25) is 9.78 Å². The molecule has 3 rings (SSSR count). The Kier molecular flexibility index (Phi) is 4.33. The Morgan fingerprint density at radius 1 is 1.29 bits per heavy atom. The first kappa shape index (κ1) is 16.9. The van der Waals surface area contributed by atoms with Crippen molar-refractivity contribution in [2.75, 3.05) is 13.1 Å². The van der Waals surface area contributed by atoms with Crippen LogP contribution in [-0.4, -0.2) is 41.8 Å². The number of aromatic nitrogens is 2. The lowest BCUT2D eigenvalue weighted by atomic mass is 9.93. The number of nitrogens with one attached hydrogen (secondary N) is 2. The van der Waals surface area contributed by atoms with Gasteiger partial charge in [0.2, 0.25) is 10.0 Å². The minimum atomic E-state index is -3.77. The molecule has 24 heavy (non-hydrogen) atoms. The van der Waals surface area contributed by atoms with E-state index in [1.165, 1.54) is 22.5 Å². The summed E-state index contributed by atoms with van der Waals surface area (Å²) in [6.45, 7) is 2.66. The molecule has 8 nitrogen and oxygen atoms in total. The van der Waals surface area contributed by atoms with Crippen molar-refractivity contribution in [3.8, 4) is 0 Å². The second-order valence-electron chi connectivity index (χ2n) is 6.15. The van der Waals surface area contributed by atoms with Crippen LogP contribution >= 0.6 is 0 Å². The number of benzene rings is 1. The highest BCUT2D eigenvalue weighted by atomic mass is 32.2. The van der Waals surface area contributed by atoms with Crippen LogP contribution in [0.15, 0.2) is 32.7 Å². The number of nitrogens with zero attached hydrogens (tertiary/aromatic N) is 1. The van der Waals surface area contributed by atoms with E-state index in [1.807, 2.05) is 6.92 Å². The predicted octanol–water partition coefficient (Wildman–Crippen LogP) is -0.0357.